The van der Waals surface area contributed by atoms with Crippen molar-refractivity contribution in [1.82, 2.24) is 4.98 Å². The Morgan fingerprint density at radius 3 is 2.82 bits per heavy atom. The molecule has 2 aromatic rings. The third kappa shape index (κ3) is 2.57. The molecule has 0 aliphatic rings. The molecule has 0 unspecified atom stereocenters. The van der Waals surface area contributed by atoms with Crippen molar-refractivity contribution in [2.75, 3.05) is 0 Å². The van der Waals surface area contributed by atoms with Crippen molar-refractivity contribution in [3.63, 3.8) is 0 Å². The van der Waals surface area contributed by atoms with Crippen LogP contribution < -0.4 is 0 Å². The van der Waals surface area contributed by atoms with E-state index in [0.717, 1.165) is 5.56 Å². The molecule has 0 fully saturated rings. The van der Waals surface area contributed by atoms with Crippen LogP contribution in [-0.4, -0.2) is 21.8 Å². The number of carboxylic acids is 1. The lowest BCUT2D eigenvalue weighted by molar-refractivity contribution is -0.135. The molecule has 1 N–H and O–H groups in total. The van der Waals surface area contributed by atoms with E-state index >= 15 is 0 Å². The van der Waals surface area contributed by atoms with Crippen molar-refractivity contribution in [2.24, 2.45) is 0 Å². The summed E-state index contributed by atoms with van der Waals surface area (Å²) in [5, 5.41) is 8.55. The molecular weight excluding hydrogens is 222 g/mol. The predicted molar refractivity (Wildman–Crippen MR) is 58.5 cm³/mol. The fourth-order valence-electron chi connectivity index (χ4n) is 1.45. The zero-order valence-electron chi connectivity index (χ0n) is 8.79. The van der Waals surface area contributed by atoms with Crippen LogP contribution in [-0.2, 0) is 4.79 Å². The van der Waals surface area contributed by atoms with E-state index in [0.29, 0.717) is 11.3 Å². The molecule has 1 aromatic heterocycles. The number of hydrogen-bond donors (Lipinski definition) is 1. The van der Waals surface area contributed by atoms with Gasteiger partial charge in [0.05, 0.1) is 0 Å². The van der Waals surface area contributed by atoms with Gasteiger partial charge in [0, 0.05) is 11.1 Å². The molecule has 0 spiro atoms. The maximum Gasteiger partial charge on any atom is 0.311 e. The zero-order valence-corrected chi connectivity index (χ0v) is 8.79. The van der Waals surface area contributed by atoms with Gasteiger partial charge in [0.2, 0.25) is 0 Å². The monoisotopic (exact) mass is 231 g/mol. The molecule has 17 heavy (non-hydrogen) atoms. The number of rotatable bonds is 4. The first-order chi connectivity index (χ1) is 8.16. The van der Waals surface area contributed by atoms with Gasteiger partial charge < -0.3 is 9.52 Å². The van der Waals surface area contributed by atoms with E-state index in [1.165, 1.54) is 12.7 Å². The number of Topliss-reactive ketones (excluding diaryl/α,β-unsaturated/α-hetero) is 1. The third-order valence-corrected chi connectivity index (χ3v) is 2.22. The summed E-state index contributed by atoms with van der Waals surface area (Å²) >= 11 is 0. The minimum Gasteiger partial charge on any atom is -0.481 e. The van der Waals surface area contributed by atoms with Gasteiger partial charge in [0.25, 0.3) is 0 Å². The molecule has 0 bridgehead atoms. The Morgan fingerprint density at radius 1 is 1.35 bits per heavy atom. The Labute approximate surface area is 96.7 Å². The van der Waals surface area contributed by atoms with Crippen LogP contribution in [0.1, 0.15) is 16.8 Å². The fraction of sp³-hybridized carbons (Fsp3) is 0.0833. The van der Waals surface area contributed by atoms with E-state index in [-0.39, 0.29) is 0 Å². The van der Waals surface area contributed by atoms with Gasteiger partial charge in [0.15, 0.2) is 12.2 Å². The number of ketones is 1. The van der Waals surface area contributed by atoms with Crippen molar-refractivity contribution < 1.29 is 19.1 Å². The van der Waals surface area contributed by atoms with Gasteiger partial charge >= 0.3 is 5.97 Å². The largest absolute Gasteiger partial charge is 0.481 e. The average molecular weight is 231 g/mol. The summed E-state index contributed by atoms with van der Waals surface area (Å²) < 4.78 is 4.84. The lowest BCUT2D eigenvalue weighted by Gasteiger charge is -2.00. The summed E-state index contributed by atoms with van der Waals surface area (Å²) in [5.41, 5.74) is 1.68. The van der Waals surface area contributed by atoms with Crippen LogP contribution in [0, 0.1) is 0 Å². The van der Waals surface area contributed by atoms with Gasteiger partial charge in [-0.05, 0) is 6.07 Å². The quantitative estimate of drug-likeness (QED) is 0.643. The smallest absolute Gasteiger partial charge is 0.311 e. The molecule has 0 radical (unpaired) electrons. The van der Waals surface area contributed by atoms with Gasteiger partial charge in [-0.3, -0.25) is 9.59 Å². The highest BCUT2D eigenvalue weighted by molar-refractivity contribution is 6.05. The first-order valence-electron chi connectivity index (χ1n) is 4.90. The summed E-state index contributed by atoms with van der Waals surface area (Å²) in [4.78, 5) is 26.0. The highest BCUT2D eigenvalue weighted by Gasteiger charge is 2.11. The van der Waals surface area contributed by atoms with Gasteiger partial charge in [-0.25, -0.2) is 4.98 Å². The second-order valence-corrected chi connectivity index (χ2v) is 3.45. The standard InChI is InChI=1S/C12H9NO4/c14-11(5-12(15)16)9-3-1-2-8(4-9)10-6-17-7-13-10/h1-4,6-7H,5H2,(H,15,16). The number of aliphatic carboxylic acids is 1. The molecule has 0 saturated heterocycles. The van der Waals surface area contributed by atoms with E-state index in [1.54, 1.807) is 24.3 Å². The van der Waals surface area contributed by atoms with Gasteiger partial charge in [-0.1, -0.05) is 18.2 Å². The normalized spacial score (nSPS) is 10.1. The van der Waals surface area contributed by atoms with Gasteiger partial charge in [0.1, 0.15) is 18.4 Å². The number of carboxylic acid groups (broad SMARTS) is 1. The maximum absolute atomic E-state index is 11.6. The first kappa shape index (κ1) is 11.1. The highest BCUT2D eigenvalue weighted by atomic mass is 16.4. The lowest BCUT2D eigenvalue weighted by Crippen LogP contribution is -2.06. The van der Waals surface area contributed by atoms with Crippen molar-refractivity contribution in [3.8, 4) is 11.3 Å². The molecule has 2 rings (SSSR count). The second kappa shape index (κ2) is 4.61. The summed E-state index contributed by atoms with van der Waals surface area (Å²) in [5.74, 6) is -1.57. The fourth-order valence-corrected chi connectivity index (χ4v) is 1.45. The van der Waals surface area contributed by atoms with E-state index in [2.05, 4.69) is 4.98 Å². The number of nitrogens with zero attached hydrogens (tertiary/aromatic N) is 1. The molecule has 0 saturated carbocycles. The summed E-state index contributed by atoms with van der Waals surface area (Å²) in [6, 6.07) is 6.63. The molecule has 1 heterocycles. The molecule has 0 aliphatic carbocycles. The summed E-state index contributed by atoms with van der Waals surface area (Å²) in [7, 11) is 0. The lowest BCUT2D eigenvalue weighted by atomic mass is 10.0. The average Bonchev–Trinajstić information content (AvgIpc) is 2.82. The summed E-state index contributed by atoms with van der Waals surface area (Å²) in [6.45, 7) is 0. The van der Waals surface area contributed by atoms with Crippen molar-refractivity contribution >= 4 is 11.8 Å². The Morgan fingerprint density at radius 2 is 2.18 bits per heavy atom. The highest BCUT2D eigenvalue weighted by Crippen LogP contribution is 2.18. The topological polar surface area (TPSA) is 80.4 Å². The van der Waals surface area contributed by atoms with Crippen LogP contribution >= 0.6 is 0 Å². The van der Waals surface area contributed by atoms with E-state index in [1.807, 2.05) is 0 Å². The molecule has 0 aliphatic heterocycles. The van der Waals surface area contributed by atoms with Crippen molar-refractivity contribution in [3.05, 3.63) is 42.5 Å². The van der Waals surface area contributed by atoms with Crippen LogP contribution in [0.4, 0.5) is 0 Å². The molecule has 0 atom stereocenters. The molecule has 1 aromatic carbocycles. The number of benzene rings is 1. The van der Waals surface area contributed by atoms with Crippen LogP contribution in [0.5, 0.6) is 0 Å². The Kier molecular flexibility index (Phi) is 3.00. The van der Waals surface area contributed by atoms with E-state index in [4.69, 9.17) is 9.52 Å². The van der Waals surface area contributed by atoms with Crippen LogP contribution in [0.3, 0.4) is 0 Å². The minimum atomic E-state index is -1.14. The predicted octanol–water partition coefficient (Wildman–Crippen LogP) is 2.00. The van der Waals surface area contributed by atoms with Gasteiger partial charge in [-0.15, -0.1) is 0 Å². The minimum absolute atomic E-state index is 0.355. The molecular formula is C12H9NO4. The second-order valence-electron chi connectivity index (χ2n) is 3.45. The maximum atomic E-state index is 11.6. The van der Waals surface area contributed by atoms with E-state index in [9.17, 15) is 9.59 Å². The number of carbonyl (C=O) groups excluding carboxylic acids is 1. The van der Waals surface area contributed by atoms with Gasteiger partial charge in [-0.2, -0.15) is 0 Å². The van der Waals surface area contributed by atoms with Crippen molar-refractivity contribution in [1.29, 1.82) is 0 Å². The number of carbonyl (C=O) groups is 2. The van der Waals surface area contributed by atoms with Crippen LogP contribution in [0.2, 0.25) is 0 Å². The number of oxazole rings is 1. The zero-order chi connectivity index (χ0) is 12.3. The number of aromatic nitrogens is 1. The van der Waals surface area contributed by atoms with E-state index < -0.39 is 18.2 Å². The Hall–Kier alpha value is -2.43. The SMILES string of the molecule is O=C(O)CC(=O)c1cccc(-c2cocn2)c1. The Balaban J connectivity index is 2.29. The molecule has 5 nitrogen and oxygen atoms in total. The molecule has 0 amide bonds. The molecule has 5 heteroatoms. The van der Waals surface area contributed by atoms with Crippen LogP contribution in [0.15, 0.2) is 41.3 Å². The van der Waals surface area contributed by atoms with Crippen LogP contribution in [0.25, 0.3) is 11.3 Å². The van der Waals surface area contributed by atoms with Crippen molar-refractivity contribution in [2.45, 2.75) is 6.42 Å². The number of hydrogen-bond acceptors (Lipinski definition) is 4. The Bertz CT molecular complexity index is 545. The third-order valence-electron chi connectivity index (χ3n) is 2.22. The summed E-state index contributed by atoms with van der Waals surface area (Å²) in [6.07, 6.45) is 2.24. The first-order valence-corrected chi connectivity index (χ1v) is 4.90. The molecule has 86 valence electrons.